The molecule has 1 aliphatic heterocycles. The number of ketones is 1. The molecule has 2 aliphatic carbocycles. The Morgan fingerprint density at radius 1 is 0.878 bits per heavy atom. The third-order valence-corrected chi connectivity index (χ3v) is 8.26. The Balaban J connectivity index is 0.00000109. The van der Waals surface area contributed by atoms with Crippen molar-refractivity contribution in [1.82, 2.24) is 36.1 Å². The third kappa shape index (κ3) is 14.6. The van der Waals surface area contributed by atoms with Gasteiger partial charge in [-0.05, 0) is 56.3 Å². The van der Waals surface area contributed by atoms with E-state index in [-0.39, 0.29) is 30.1 Å². The molecule has 3 atom stereocenters. The molecule has 0 aromatic carbocycles. The molecule has 2 heterocycles. The summed E-state index contributed by atoms with van der Waals surface area (Å²) in [6.07, 6.45) is 13.8. The lowest BCUT2D eigenvalue weighted by atomic mass is 9.83. The minimum Gasteiger partial charge on any atom is -0.347 e. The molecule has 2 unspecified atom stereocenters. The zero-order valence-electron chi connectivity index (χ0n) is 30.4. The lowest BCUT2D eigenvalue weighted by molar-refractivity contribution is -0.141. The summed E-state index contributed by atoms with van der Waals surface area (Å²) >= 11 is 0. The molecule has 2 saturated carbocycles. The number of amides is 5. The highest BCUT2D eigenvalue weighted by Gasteiger charge is 2.42. The minimum atomic E-state index is -0.842. The largest absolute Gasteiger partial charge is 0.347 e. The van der Waals surface area contributed by atoms with Crippen LogP contribution in [0.2, 0.25) is 0 Å². The standard InChI is InChI=1S/C29H41N7O6.C4H10.C3H8/c1-2-6-19-11-14-36(25(19)29(42)32-16-22(37)27(40)34-20-9-10-20)23(38)17-33-28(41)24(18-7-4-3-5-8-18)35-26(39)21-15-30-12-13-31-21;1-4(2)3;1-3-2/h12-13,15,18-20,24-25H,2-11,14,16-17H2,1H3,(H,32,42)(H,33,41)(H,34,40)(H,35,39);4H,1-3H3;3H2,1-2H3/t19-,24?,25?;;/m0../s1. The maximum atomic E-state index is 13.3. The van der Waals surface area contributed by atoms with Crippen LogP contribution in [-0.2, 0) is 24.0 Å². The zero-order valence-corrected chi connectivity index (χ0v) is 30.4. The highest BCUT2D eigenvalue weighted by molar-refractivity contribution is 6.37. The van der Waals surface area contributed by atoms with Crippen LogP contribution in [0.3, 0.4) is 0 Å². The minimum absolute atomic E-state index is 0.0299. The van der Waals surface area contributed by atoms with E-state index >= 15 is 0 Å². The van der Waals surface area contributed by atoms with Crippen LogP contribution in [0.1, 0.15) is 123 Å². The van der Waals surface area contributed by atoms with Crippen molar-refractivity contribution in [3.63, 3.8) is 0 Å². The van der Waals surface area contributed by atoms with Crippen LogP contribution in [0.4, 0.5) is 0 Å². The number of carbonyl (C=O) groups is 6. The molecule has 1 saturated heterocycles. The van der Waals surface area contributed by atoms with Crippen molar-refractivity contribution in [1.29, 1.82) is 0 Å². The van der Waals surface area contributed by atoms with Crippen LogP contribution >= 0.6 is 0 Å². The predicted molar refractivity (Wildman–Crippen MR) is 187 cm³/mol. The van der Waals surface area contributed by atoms with E-state index in [1.54, 1.807) is 0 Å². The molecule has 1 aromatic heterocycles. The van der Waals surface area contributed by atoms with Gasteiger partial charge < -0.3 is 26.2 Å². The number of nitrogens with zero attached hydrogens (tertiary/aromatic N) is 3. The van der Waals surface area contributed by atoms with Crippen molar-refractivity contribution in [2.75, 3.05) is 19.6 Å². The fourth-order valence-electron chi connectivity index (χ4n) is 5.88. The average molecular weight is 686 g/mol. The lowest BCUT2D eigenvalue weighted by Crippen LogP contribution is -2.55. The molecule has 3 fully saturated rings. The Hall–Kier alpha value is -3.90. The van der Waals surface area contributed by atoms with Crippen LogP contribution in [0.25, 0.3) is 0 Å². The number of Topliss-reactive ketones (excluding diaryl/α,β-unsaturated/α-hetero) is 1. The van der Waals surface area contributed by atoms with Crippen LogP contribution in [-0.4, -0.2) is 87.9 Å². The molecular weight excluding hydrogens is 626 g/mol. The third-order valence-electron chi connectivity index (χ3n) is 8.26. The number of carbonyl (C=O) groups excluding carboxylic acids is 6. The van der Waals surface area contributed by atoms with Crippen molar-refractivity contribution in [3.05, 3.63) is 24.3 Å². The molecule has 49 heavy (non-hydrogen) atoms. The number of nitrogens with one attached hydrogen (secondary N) is 4. The molecule has 5 amide bonds. The Labute approximate surface area is 291 Å². The van der Waals surface area contributed by atoms with E-state index < -0.39 is 53.9 Å². The van der Waals surface area contributed by atoms with Crippen LogP contribution in [0, 0.1) is 17.8 Å². The second-order valence-corrected chi connectivity index (χ2v) is 13.9. The van der Waals surface area contributed by atoms with Crippen molar-refractivity contribution in [2.45, 2.75) is 130 Å². The second-order valence-electron chi connectivity index (χ2n) is 13.9. The van der Waals surface area contributed by atoms with E-state index in [1.807, 2.05) is 6.92 Å². The maximum absolute atomic E-state index is 13.3. The molecule has 3 aliphatic rings. The van der Waals surface area contributed by atoms with E-state index in [0.29, 0.717) is 19.4 Å². The number of likely N-dealkylation sites (tertiary alicyclic amines) is 1. The van der Waals surface area contributed by atoms with E-state index in [0.717, 1.165) is 57.3 Å². The predicted octanol–water partition coefficient (Wildman–Crippen LogP) is 3.33. The Kier molecular flexibility index (Phi) is 18.5. The van der Waals surface area contributed by atoms with Gasteiger partial charge in [-0.3, -0.25) is 33.8 Å². The van der Waals surface area contributed by atoms with Crippen molar-refractivity contribution in [3.8, 4) is 0 Å². The van der Waals surface area contributed by atoms with E-state index in [4.69, 9.17) is 0 Å². The normalized spacial score (nSPS) is 19.3. The molecule has 13 heteroatoms. The first-order valence-corrected chi connectivity index (χ1v) is 18.2. The van der Waals surface area contributed by atoms with Crippen molar-refractivity contribution >= 4 is 35.3 Å². The van der Waals surface area contributed by atoms with Crippen molar-refractivity contribution < 1.29 is 28.8 Å². The Bertz CT molecular complexity index is 1210. The lowest BCUT2D eigenvalue weighted by Gasteiger charge is -2.30. The van der Waals surface area contributed by atoms with Gasteiger partial charge >= 0.3 is 0 Å². The monoisotopic (exact) mass is 685 g/mol. The number of aromatic nitrogens is 2. The molecule has 274 valence electrons. The summed E-state index contributed by atoms with van der Waals surface area (Å²) in [6, 6.07) is -1.62. The number of hydrogen-bond donors (Lipinski definition) is 4. The fourth-order valence-corrected chi connectivity index (χ4v) is 5.88. The molecule has 13 nitrogen and oxygen atoms in total. The van der Waals surface area contributed by atoms with Gasteiger partial charge in [0.05, 0.1) is 19.3 Å². The van der Waals surface area contributed by atoms with Crippen LogP contribution in [0.5, 0.6) is 0 Å². The Morgan fingerprint density at radius 3 is 2.10 bits per heavy atom. The Morgan fingerprint density at radius 2 is 1.53 bits per heavy atom. The van der Waals surface area contributed by atoms with Gasteiger partial charge in [0.1, 0.15) is 17.8 Å². The van der Waals surface area contributed by atoms with Gasteiger partial charge in [0.15, 0.2) is 0 Å². The van der Waals surface area contributed by atoms with Gasteiger partial charge in [0.25, 0.3) is 11.8 Å². The molecule has 4 rings (SSSR count). The first kappa shape index (κ1) is 41.3. The molecular formula is C36H59N7O6. The SMILES string of the molecule is CC(C)C.CCC.CCC[C@H]1CCN(C(=O)CNC(=O)C(NC(=O)c2cnccn2)C2CCCCC2)C1C(=O)NCC(=O)C(=O)NC1CC1. The topological polar surface area (TPSA) is 180 Å². The van der Waals surface area contributed by atoms with Gasteiger partial charge in [-0.25, -0.2) is 4.98 Å². The molecule has 0 bridgehead atoms. The van der Waals surface area contributed by atoms with Crippen LogP contribution in [0.15, 0.2) is 18.6 Å². The first-order chi connectivity index (χ1) is 23.4. The average Bonchev–Trinajstić information content (AvgIpc) is 3.81. The number of rotatable bonds is 13. The van der Waals surface area contributed by atoms with E-state index in [2.05, 4.69) is 65.9 Å². The summed E-state index contributed by atoms with van der Waals surface area (Å²) in [6.45, 7) is 12.3. The number of hydrogen-bond acceptors (Lipinski definition) is 8. The summed E-state index contributed by atoms with van der Waals surface area (Å²) in [7, 11) is 0. The fraction of sp³-hybridized carbons (Fsp3) is 0.722. The molecule has 1 aromatic rings. The summed E-state index contributed by atoms with van der Waals surface area (Å²) < 4.78 is 0. The highest BCUT2D eigenvalue weighted by Crippen LogP contribution is 2.29. The van der Waals surface area contributed by atoms with Gasteiger partial charge in [-0.15, -0.1) is 0 Å². The second kappa shape index (κ2) is 21.9. The van der Waals surface area contributed by atoms with Gasteiger partial charge in [-0.1, -0.05) is 73.6 Å². The summed E-state index contributed by atoms with van der Waals surface area (Å²) in [5.41, 5.74) is 0.0959. The van der Waals surface area contributed by atoms with Gasteiger partial charge in [0, 0.05) is 25.0 Å². The van der Waals surface area contributed by atoms with Crippen molar-refractivity contribution in [2.24, 2.45) is 17.8 Å². The zero-order chi connectivity index (χ0) is 36.3. The molecule has 0 spiro atoms. The summed E-state index contributed by atoms with van der Waals surface area (Å²) in [4.78, 5) is 86.2. The first-order valence-electron chi connectivity index (χ1n) is 18.2. The van der Waals surface area contributed by atoms with Crippen LogP contribution < -0.4 is 21.3 Å². The maximum Gasteiger partial charge on any atom is 0.289 e. The summed E-state index contributed by atoms with van der Waals surface area (Å²) in [5.74, 6) is -2.71. The quantitative estimate of drug-likeness (QED) is 0.228. The molecule has 0 radical (unpaired) electrons. The van der Waals surface area contributed by atoms with E-state index in [1.165, 1.54) is 29.9 Å². The van der Waals surface area contributed by atoms with E-state index in [9.17, 15) is 28.8 Å². The molecule has 4 N–H and O–H groups in total. The summed E-state index contributed by atoms with van der Waals surface area (Å²) in [5, 5.41) is 10.6. The highest BCUT2D eigenvalue weighted by atomic mass is 16.2. The van der Waals surface area contributed by atoms with Gasteiger partial charge in [0.2, 0.25) is 23.5 Å². The van der Waals surface area contributed by atoms with Gasteiger partial charge in [-0.2, -0.15) is 0 Å². The smallest absolute Gasteiger partial charge is 0.289 e.